The van der Waals surface area contributed by atoms with E-state index < -0.39 is 0 Å². The summed E-state index contributed by atoms with van der Waals surface area (Å²) >= 11 is 0. The zero-order valence-electron chi connectivity index (χ0n) is 37.6. The number of aromatic hydroxyl groups is 2. The monoisotopic (exact) mass is 791 g/mol. The van der Waals surface area contributed by atoms with Gasteiger partial charge in [0.1, 0.15) is 11.5 Å². The van der Waals surface area contributed by atoms with Gasteiger partial charge in [0, 0.05) is 33.4 Å². The van der Waals surface area contributed by atoms with Crippen molar-refractivity contribution in [1.82, 2.24) is 4.98 Å². The Morgan fingerprint density at radius 2 is 0.567 bits per heavy atom. The van der Waals surface area contributed by atoms with E-state index in [4.69, 9.17) is 4.98 Å². The van der Waals surface area contributed by atoms with Crippen LogP contribution in [0.2, 0.25) is 0 Å². The molecule has 0 unspecified atom stereocenters. The highest BCUT2D eigenvalue weighted by atomic mass is 16.3. The summed E-state index contributed by atoms with van der Waals surface area (Å²) in [6.07, 6.45) is 0. The number of phenolic OH excluding ortho intramolecular Hbond substituents is 2. The Hall–Kier alpha value is -5.93. The van der Waals surface area contributed by atoms with Crippen LogP contribution >= 0.6 is 0 Å². The van der Waals surface area contributed by atoms with Crippen molar-refractivity contribution in [2.75, 3.05) is 0 Å². The molecule has 0 spiro atoms. The molecule has 3 heteroatoms. The van der Waals surface area contributed by atoms with Gasteiger partial charge in [-0.3, -0.25) is 0 Å². The molecule has 60 heavy (non-hydrogen) atoms. The predicted molar refractivity (Wildman–Crippen MR) is 255 cm³/mol. The highest BCUT2D eigenvalue weighted by Crippen LogP contribution is 2.46. The van der Waals surface area contributed by atoms with Gasteiger partial charge in [-0.05, 0) is 78.3 Å². The quantitative estimate of drug-likeness (QED) is 0.176. The maximum atomic E-state index is 12.1. The highest BCUT2D eigenvalue weighted by Gasteiger charge is 2.25. The van der Waals surface area contributed by atoms with Crippen LogP contribution in [0.15, 0.2) is 140 Å². The number of para-hydroxylation sites is 2. The first kappa shape index (κ1) is 42.2. The van der Waals surface area contributed by atoms with E-state index in [1.54, 1.807) is 0 Å². The molecule has 0 aliphatic carbocycles. The van der Waals surface area contributed by atoms with Crippen LogP contribution in [-0.4, -0.2) is 15.2 Å². The van der Waals surface area contributed by atoms with E-state index >= 15 is 0 Å². The first-order valence-corrected chi connectivity index (χ1v) is 21.2. The molecule has 2 N–H and O–H groups in total. The maximum absolute atomic E-state index is 12.1. The molecule has 0 atom stereocenters. The van der Waals surface area contributed by atoms with Gasteiger partial charge in [-0.15, -0.1) is 0 Å². The summed E-state index contributed by atoms with van der Waals surface area (Å²) in [5, 5.41) is 24.3. The Bertz CT molecular complexity index is 2460. The molecule has 0 amide bonds. The van der Waals surface area contributed by atoms with E-state index in [2.05, 4.69) is 144 Å². The molecule has 7 rings (SSSR count). The van der Waals surface area contributed by atoms with Crippen LogP contribution in [-0.2, 0) is 21.7 Å². The lowest BCUT2D eigenvalue weighted by molar-refractivity contribution is 0.478. The topological polar surface area (TPSA) is 53.4 Å². The standard InChI is InChI=1S/C57H61NO2/c1-54(2,3)38-30-36(31-39(34-38)55(4,5)6)42-24-17-26-48(52(42)59)44-20-13-15-22-46(44)50-28-19-29-51(58-50)47-23-16-14-21-45(47)49-27-18-25-43(53(49)60)37-32-40(56(7,8)9)35-41(33-37)57(10,11)12/h13-35,59-60H,1-12H3. The SMILES string of the molecule is CC(C)(C)c1cc(-c2cccc(-c3ccccc3-c3cccc(-c4ccccc4-c4cccc(-c5cc(C(C)(C)C)cc(C(C)(C)C)c5)c4O)n3)c2O)cc(C(C)(C)C)c1. The summed E-state index contributed by atoms with van der Waals surface area (Å²) in [4.78, 5) is 5.30. The molecule has 0 saturated carbocycles. The number of pyridine rings is 1. The molecular formula is C57H61NO2. The van der Waals surface area contributed by atoms with Crippen LogP contribution in [0, 0.1) is 0 Å². The molecule has 1 heterocycles. The molecular weight excluding hydrogens is 731 g/mol. The summed E-state index contributed by atoms with van der Waals surface area (Å²) in [6.45, 7) is 26.8. The number of nitrogens with zero attached hydrogens (tertiary/aromatic N) is 1. The summed E-state index contributed by atoms with van der Waals surface area (Å²) in [7, 11) is 0. The van der Waals surface area contributed by atoms with Crippen molar-refractivity contribution in [3.8, 4) is 78.5 Å². The Kier molecular flexibility index (Phi) is 11.0. The normalized spacial score (nSPS) is 12.5. The molecule has 0 saturated heterocycles. The van der Waals surface area contributed by atoms with Crippen LogP contribution in [0.25, 0.3) is 67.0 Å². The van der Waals surface area contributed by atoms with Gasteiger partial charge >= 0.3 is 0 Å². The molecule has 0 radical (unpaired) electrons. The van der Waals surface area contributed by atoms with Gasteiger partial charge in [0.15, 0.2) is 0 Å². The van der Waals surface area contributed by atoms with Crippen molar-refractivity contribution in [3.05, 3.63) is 162 Å². The zero-order chi connectivity index (χ0) is 43.4. The summed E-state index contributed by atoms with van der Waals surface area (Å²) < 4.78 is 0. The van der Waals surface area contributed by atoms with Crippen molar-refractivity contribution in [3.63, 3.8) is 0 Å². The van der Waals surface area contributed by atoms with Gasteiger partial charge in [0.2, 0.25) is 0 Å². The van der Waals surface area contributed by atoms with E-state index in [9.17, 15) is 10.2 Å². The third kappa shape index (κ3) is 8.54. The van der Waals surface area contributed by atoms with E-state index in [1.165, 1.54) is 22.3 Å². The van der Waals surface area contributed by atoms with Crippen LogP contribution < -0.4 is 0 Å². The number of aromatic nitrogens is 1. The average molecular weight is 792 g/mol. The molecule has 0 aliphatic rings. The fourth-order valence-electron chi connectivity index (χ4n) is 7.90. The van der Waals surface area contributed by atoms with Crippen molar-refractivity contribution in [2.24, 2.45) is 0 Å². The summed E-state index contributed by atoms with van der Waals surface area (Å²) in [5.74, 6) is 0.491. The van der Waals surface area contributed by atoms with Gasteiger partial charge in [-0.2, -0.15) is 0 Å². The Morgan fingerprint density at radius 1 is 0.300 bits per heavy atom. The molecule has 0 bridgehead atoms. The van der Waals surface area contributed by atoms with Crippen molar-refractivity contribution in [2.45, 2.75) is 105 Å². The number of hydrogen-bond acceptors (Lipinski definition) is 3. The van der Waals surface area contributed by atoms with Gasteiger partial charge in [0.25, 0.3) is 0 Å². The minimum absolute atomic E-state index is 0.0547. The predicted octanol–water partition coefficient (Wildman–Crippen LogP) is 15.7. The molecule has 6 aromatic carbocycles. The van der Waals surface area contributed by atoms with E-state index in [-0.39, 0.29) is 33.2 Å². The van der Waals surface area contributed by atoms with Crippen molar-refractivity contribution in [1.29, 1.82) is 0 Å². The zero-order valence-corrected chi connectivity index (χ0v) is 37.6. The van der Waals surface area contributed by atoms with Gasteiger partial charge < -0.3 is 10.2 Å². The number of rotatable bonds is 6. The Labute approximate surface area is 358 Å². The minimum atomic E-state index is -0.0547. The number of hydrogen-bond donors (Lipinski definition) is 2. The van der Waals surface area contributed by atoms with Crippen molar-refractivity contribution >= 4 is 0 Å². The summed E-state index contributed by atoms with van der Waals surface area (Å²) in [6, 6.07) is 48.0. The molecule has 306 valence electrons. The average Bonchev–Trinajstić information content (AvgIpc) is 3.19. The number of benzene rings is 6. The first-order valence-electron chi connectivity index (χ1n) is 21.2. The Morgan fingerprint density at radius 3 is 0.883 bits per heavy atom. The van der Waals surface area contributed by atoms with Crippen LogP contribution in [0.1, 0.15) is 105 Å². The third-order valence-electron chi connectivity index (χ3n) is 11.8. The van der Waals surface area contributed by atoms with E-state index in [0.717, 1.165) is 67.0 Å². The van der Waals surface area contributed by atoms with Gasteiger partial charge in [-0.1, -0.05) is 210 Å². The lowest BCUT2D eigenvalue weighted by Crippen LogP contribution is -2.16. The van der Waals surface area contributed by atoms with E-state index in [1.807, 2.05) is 78.9 Å². The van der Waals surface area contributed by atoms with Crippen LogP contribution in [0.3, 0.4) is 0 Å². The lowest BCUT2D eigenvalue weighted by Gasteiger charge is -2.26. The molecule has 1 aromatic heterocycles. The maximum Gasteiger partial charge on any atom is 0.131 e. The van der Waals surface area contributed by atoms with Crippen LogP contribution in [0.5, 0.6) is 11.5 Å². The second kappa shape index (κ2) is 15.6. The molecule has 7 aromatic rings. The molecule has 0 fully saturated rings. The largest absolute Gasteiger partial charge is 0.507 e. The second-order valence-electron chi connectivity index (χ2n) is 20.5. The first-order chi connectivity index (χ1) is 28.1. The fourth-order valence-corrected chi connectivity index (χ4v) is 7.90. The van der Waals surface area contributed by atoms with Gasteiger partial charge in [-0.25, -0.2) is 4.98 Å². The second-order valence-corrected chi connectivity index (χ2v) is 20.5. The van der Waals surface area contributed by atoms with Gasteiger partial charge in [0.05, 0.1) is 11.4 Å². The molecule has 0 aliphatic heterocycles. The summed E-state index contributed by atoms with van der Waals surface area (Å²) in [5.41, 5.74) is 15.1. The Balaban J connectivity index is 1.32. The van der Waals surface area contributed by atoms with E-state index in [0.29, 0.717) is 0 Å². The fraction of sp³-hybridized carbons (Fsp3) is 0.281. The minimum Gasteiger partial charge on any atom is -0.507 e. The lowest BCUT2D eigenvalue weighted by atomic mass is 9.78. The third-order valence-corrected chi connectivity index (χ3v) is 11.8. The highest BCUT2D eigenvalue weighted by molar-refractivity contribution is 5.92. The number of phenols is 2. The molecule has 3 nitrogen and oxygen atoms in total. The van der Waals surface area contributed by atoms with Crippen molar-refractivity contribution < 1.29 is 10.2 Å². The van der Waals surface area contributed by atoms with Crippen LogP contribution in [0.4, 0.5) is 0 Å². The smallest absolute Gasteiger partial charge is 0.131 e.